The average molecular weight is 389 g/mol. The Morgan fingerprint density at radius 1 is 1.30 bits per heavy atom. The standard InChI is InChI=1S/C20H28N4O2S/c1-15-17(19(26)23-20(22-15)27-3)10-11-18(25)21-12-7-13-24(2)14-16-8-5-4-6-9-16/h4-6,8-9H,7,10-14H2,1-3H3,(H,21,25)(H,22,23,26). The first-order valence-electron chi connectivity index (χ1n) is 9.12. The predicted molar refractivity (Wildman–Crippen MR) is 110 cm³/mol. The summed E-state index contributed by atoms with van der Waals surface area (Å²) in [5.74, 6) is -0.0338. The zero-order valence-electron chi connectivity index (χ0n) is 16.2. The molecule has 2 aromatic rings. The number of nitrogens with zero attached hydrogens (tertiary/aromatic N) is 2. The number of aromatic amines is 1. The summed E-state index contributed by atoms with van der Waals surface area (Å²) >= 11 is 1.40. The van der Waals surface area contributed by atoms with Crippen LogP contribution in [0.15, 0.2) is 40.3 Å². The fraction of sp³-hybridized carbons (Fsp3) is 0.450. The van der Waals surface area contributed by atoms with E-state index >= 15 is 0 Å². The molecule has 1 heterocycles. The number of amides is 1. The lowest BCUT2D eigenvalue weighted by Gasteiger charge is -2.16. The van der Waals surface area contributed by atoms with Gasteiger partial charge in [0.1, 0.15) is 0 Å². The summed E-state index contributed by atoms with van der Waals surface area (Å²) in [6.45, 7) is 4.26. The Kier molecular flexibility index (Phi) is 8.54. The highest BCUT2D eigenvalue weighted by Crippen LogP contribution is 2.09. The highest BCUT2D eigenvalue weighted by atomic mass is 32.2. The van der Waals surface area contributed by atoms with Crippen LogP contribution in [0.3, 0.4) is 0 Å². The number of hydrogen-bond donors (Lipinski definition) is 2. The zero-order chi connectivity index (χ0) is 19.6. The minimum atomic E-state index is -0.151. The second-order valence-corrected chi connectivity index (χ2v) is 7.36. The van der Waals surface area contributed by atoms with Gasteiger partial charge in [-0.15, -0.1) is 0 Å². The molecule has 146 valence electrons. The number of aryl methyl sites for hydroxylation is 1. The number of carbonyl (C=O) groups is 1. The third-order valence-electron chi connectivity index (χ3n) is 4.33. The first kappa shape index (κ1) is 21.2. The molecule has 0 bridgehead atoms. The molecular weight excluding hydrogens is 360 g/mol. The van der Waals surface area contributed by atoms with Crippen LogP contribution in [0.2, 0.25) is 0 Å². The molecular formula is C20H28N4O2S. The summed E-state index contributed by atoms with van der Waals surface area (Å²) in [6, 6.07) is 10.3. The maximum atomic E-state index is 12.1. The van der Waals surface area contributed by atoms with Crippen molar-refractivity contribution in [3.8, 4) is 0 Å². The van der Waals surface area contributed by atoms with Crippen molar-refractivity contribution in [3.63, 3.8) is 0 Å². The number of nitrogens with one attached hydrogen (secondary N) is 2. The molecule has 0 saturated heterocycles. The van der Waals surface area contributed by atoms with Crippen LogP contribution in [-0.4, -0.2) is 47.2 Å². The molecule has 0 radical (unpaired) electrons. The van der Waals surface area contributed by atoms with Gasteiger partial charge < -0.3 is 15.2 Å². The average Bonchev–Trinajstić information content (AvgIpc) is 2.65. The fourth-order valence-electron chi connectivity index (χ4n) is 2.85. The van der Waals surface area contributed by atoms with Crippen molar-refractivity contribution >= 4 is 17.7 Å². The van der Waals surface area contributed by atoms with Crippen LogP contribution in [0.4, 0.5) is 0 Å². The molecule has 0 aliphatic carbocycles. The number of carbonyl (C=O) groups excluding carboxylic acids is 1. The number of aromatic nitrogens is 2. The number of H-pyrrole nitrogens is 1. The van der Waals surface area contributed by atoms with Crippen LogP contribution in [0.5, 0.6) is 0 Å². The minimum absolute atomic E-state index is 0.0338. The summed E-state index contributed by atoms with van der Waals surface area (Å²) < 4.78 is 0. The Balaban J connectivity index is 1.67. The molecule has 2 rings (SSSR count). The van der Waals surface area contributed by atoms with Gasteiger partial charge in [-0.1, -0.05) is 42.1 Å². The quantitative estimate of drug-likeness (QED) is 0.371. The number of hydrogen-bond acceptors (Lipinski definition) is 5. The Morgan fingerprint density at radius 3 is 2.70 bits per heavy atom. The first-order valence-corrected chi connectivity index (χ1v) is 10.3. The van der Waals surface area contributed by atoms with Crippen LogP contribution in [0, 0.1) is 6.92 Å². The monoisotopic (exact) mass is 388 g/mol. The number of thioether (sulfide) groups is 1. The van der Waals surface area contributed by atoms with Crippen LogP contribution < -0.4 is 10.9 Å². The van der Waals surface area contributed by atoms with Gasteiger partial charge in [-0.05, 0) is 45.2 Å². The lowest BCUT2D eigenvalue weighted by atomic mass is 10.1. The molecule has 0 unspecified atom stereocenters. The molecule has 0 fully saturated rings. The molecule has 0 saturated carbocycles. The van der Waals surface area contributed by atoms with E-state index in [4.69, 9.17) is 0 Å². The summed E-state index contributed by atoms with van der Waals surface area (Å²) in [4.78, 5) is 33.4. The van der Waals surface area contributed by atoms with E-state index in [1.807, 2.05) is 31.4 Å². The molecule has 1 aromatic carbocycles. The fourth-order valence-corrected chi connectivity index (χ4v) is 3.28. The number of rotatable bonds is 10. The topological polar surface area (TPSA) is 78.1 Å². The van der Waals surface area contributed by atoms with E-state index < -0.39 is 0 Å². The molecule has 0 spiro atoms. The third kappa shape index (κ3) is 7.19. The largest absolute Gasteiger partial charge is 0.356 e. The van der Waals surface area contributed by atoms with Crippen LogP contribution in [0.25, 0.3) is 0 Å². The lowest BCUT2D eigenvalue weighted by Crippen LogP contribution is -2.29. The maximum Gasteiger partial charge on any atom is 0.254 e. The van der Waals surface area contributed by atoms with Crippen molar-refractivity contribution in [3.05, 3.63) is 57.5 Å². The van der Waals surface area contributed by atoms with E-state index in [2.05, 4.69) is 39.4 Å². The van der Waals surface area contributed by atoms with Gasteiger partial charge in [0.15, 0.2) is 5.16 Å². The summed E-state index contributed by atoms with van der Waals surface area (Å²) in [7, 11) is 2.08. The second-order valence-electron chi connectivity index (χ2n) is 6.57. The van der Waals surface area contributed by atoms with E-state index in [-0.39, 0.29) is 11.5 Å². The van der Waals surface area contributed by atoms with Crippen molar-refractivity contribution < 1.29 is 4.79 Å². The van der Waals surface area contributed by atoms with E-state index in [0.29, 0.717) is 35.8 Å². The van der Waals surface area contributed by atoms with E-state index in [9.17, 15) is 9.59 Å². The van der Waals surface area contributed by atoms with Gasteiger partial charge in [-0.25, -0.2) is 4.98 Å². The van der Waals surface area contributed by atoms with Crippen molar-refractivity contribution in [1.82, 2.24) is 20.2 Å². The van der Waals surface area contributed by atoms with Crippen molar-refractivity contribution in [2.75, 3.05) is 26.4 Å². The van der Waals surface area contributed by atoms with Crippen LogP contribution in [-0.2, 0) is 17.8 Å². The van der Waals surface area contributed by atoms with Crippen molar-refractivity contribution in [2.24, 2.45) is 0 Å². The second kappa shape index (κ2) is 10.9. The Hall–Kier alpha value is -2.12. The molecule has 2 N–H and O–H groups in total. The van der Waals surface area contributed by atoms with Gasteiger partial charge in [0.25, 0.3) is 5.56 Å². The Labute approximate surface area is 164 Å². The zero-order valence-corrected chi connectivity index (χ0v) is 17.1. The van der Waals surface area contributed by atoms with Crippen molar-refractivity contribution in [1.29, 1.82) is 0 Å². The highest BCUT2D eigenvalue weighted by molar-refractivity contribution is 7.98. The first-order chi connectivity index (χ1) is 13.0. The molecule has 1 amide bonds. The van der Waals surface area contributed by atoms with Gasteiger partial charge in [-0.2, -0.15) is 0 Å². The molecule has 0 aliphatic heterocycles. The number of benzene rings is 1. The van der Waals surface area contributed by atoms with E-state index in [0.717, 1.165) is 19.5 Å². The molecule has 1 aromatic heterocycles. The minimum Gasteiger partial charge on any atom is -0.356 e. The predicted octanol–water partition coefficient (Wildman–Crippen LogP) is 2.37. The van der Waals surface area contributed by atoms with Gasteiger partial charge in [0.05, 0.1) is 0 Å². The molecule has 6 nitrogen and oxygen atoms in total. The van der Waals surface area contributed by atoms with Crippen LogP contribution in [0.1, 0.15) is 29.7 Å². The van der Waals surface area contributed by atoms with E-state index in [1.54, 1.807) is 0 Å². The van der Waals surface area contributed by atoms with Gasteiger partial charge >= 0.3 is 0 Å². The van der Waals surface area contributed by atoms with Crippen molar-refractivity contribution in [2.45, 2.75) is 37.9 Å². The summed E-state index contributed by atoms with van der Waals surface area (Å²) in [5.41, 5.74) is 2.41. The Morgan fingerprint density at radius 2 is 2.04 bits per heavy atom. The van der Waals surface area contributed by atoms with Gasteiger partial charge in [0.2, 0.25) is 5.91 Å². The molecule has 7 heteroatoms. The molecule has 0 atom stereocenters. The lowest BCUT2D eigenvalue weighted by molar-refractivity contribution is -0.121. The normalized spacial score (nSPS) is 11.0. The summed E-state index contributed by atoms with van der Waals surface area (Å²) in [6.07, 6.45) is 3.45. The maximum absolute atomic E-state index is 12.1. The molecule has 0 aliphatic rings. The van der Waals surface area contributed by atoms with Gasteiger partial charge in [0, 0.05) is 30.8 Å². The highest BCUT2D eigenvalue weighted by Gasteiger charge is 2.10. The third-order valence-corrected chi connectivity index (χ3v) is 4.91. The van der Waals surface area contributed by atoms with E-state index in [1.165, 1.54) is 17.3 Å². The smallest absolute Gasteiger partial charge is 0.254 e. The van der Waals surface area contributed by atoms with Gasteiger partial charge in [-0.3, -0.25) is 9.59 Å². The van der Waals surface area contributed by atoms with Crippen LogP contribution >= 0.6 is 11.8 Å². The Bertz CT molecular complexity index is 792. The molecule has 27 heavy (non-hydrogen) atoms. The SMILES string of the molecule is CSc1nc(C)c(CCC(=O)NCCCN(C)Cc2ccccc2)c(=O)[nH]1. The summed E-state index contributed by atoms with van der Waals surface area (Å²) in [5, 5.41) is 3.53.